The Labute approximate surface area is 143 Å². The lowest BCUT2D eigenvalue weighted by atomic mass is 10.0. The molecule has 24 heavy (non-hydrogen) atoms. The molecule has 0 aromatic rings. The van der Waals surface area contributed by atoms with Crippen molar-refractivity contribution in [3.63, 3.8) is 0 Å². The van der Waals surface area contributed by atoms with Crippen molar-refractivity contribution in [1.29, 1.82) is 0 Å². The highest BCUT2D eigenvalue weighted by molar-refractivity contribution is 6.18. The predicted molar refractivity (Wildman–Crippen MR) is 79.0 cm³/mol. The smallest absolute Gasteiger partial charge is 0.303 e. The van der Waals surface area contributed by atoms with Gasteiger partial charge in [0.2, 0.25) is 0 Å². The fraction of sp³-hybridized carbons (Fsp3) is 0.643. The molecule has 0 N–H and O–H groups in total. The van der Waals surface area contributed by atoms with Crippen LogP contribution in [0.2, 0.25) is 0 Å². The van der Waals surface area contributed by atoms with E-state index in [9.17, 15) is 24.0 Å². The molecule has 0 bridgehead atoms. The maximum atomic E-state index is 11.3. The summed E-state index contributed by atoms with van der Waals surface area (Å²) in [6, 6.07) is 0. The van der Waals surface area contributed by atoms with Gasteiger partial charge in [0, 0.05) is 27.7 Å². The number of hydrogen-bond acceptors (Lipinski definition) is 9. The molecular formula is C14H19ClO9. The van der Waals surface area contributed by atoms with E-state index in [0.29, 0.717) is 0 Å². The van der Waals surface area contributed by atoms with Crippen molar-refractivity contribution >= 4 is 41.8 Å². The number of hydrogen-bond donors (Lipinski definition) is 0. The summed E-state index contributed by atoms with van der Waals surface area (Å²) in [7, 11) is 0. The Morgan fingerprint density at radius 1 is 0.792 bits per heavy atom. The van der Waals surface area contributed by atoms with Gasteiger partial charge >= 0.3 is 23.9 Å². The van der Waals surface area contributed by atoms with Crippen LogP contribution in [-0.2, 0) is 42.9 Å². The van der Waals surface area contributed by atoms with Crippen molar-refractivity contribution in [2.75, 3.05) is 5.88 Å². The third kappa shape index (κ3) is 7.91. The maximum absolute atomic E-state index is 11.3. The van der Waals surface area contributed by atoms with Crippen LogP contribution >= 0.6 is 11.6 Å². The second kappa shape index (κ2) is 10.6. The molecule has 4 atom stereocenters. The summed E-state index contributed by atoms with van der Waals surface area (Å²) in [5, 5.41) is 0. The van der Waals surface area contributed by atoms with Crippen LogP contribution in [0, 0.1) is 0 Å². The zero-order valence-corrected chi connectivity index (χ0v) is 14.4. The van der Waals surface area contributed by atoms with E-state index in [1.807, 2.05) is 0 Å². The minimum Gasteiger partial charge on any atom is -0.457 e. The average molecular weight is 367 g/mol. The molecule has 0 rings (SSSR count). The van der Waals surface area contributed by atoms with Crippen LogP contribution in [-0.4, -0.2) is 60.5 Å². The van der Waals surface area contributed by atoms with Crippen molar-refractivity contribution in [3.8, 4) is 0 Å². The summed E-state index contributed by atoms with van der Waals surface area (Å²) in [5.41, 5.74) is 0. The zero-order valence-electron chi connectivity index (χ0n) is 13.6. The summed E-state index contributed by atoms with van der Waals surface area (Å²) in [6.45, 7) is 4.22. The van der Waals surface area contributed by atoms with Gasteiger partial charge in [-0.15, -0.1) is 11.6 Å². The first-order chi connectivity index (χ1) is 11.1. The van der Waals surface area contributed by atoms with Gasteiger partial charge < -0.3 is 18.9 Å². The maximum Gasteiger partial charge on any atom is 0.303 e. The van der Waals surface area contributed by atoms with Crippen LogP contribution in [0.5, 0.6) is 0 Å². The summed E-state index contributed by atoms with van der Waals surface area (Å²) in [6.07, 6.45) is -5.63. The molecule has 0 aliphatic heterocycles. The van der Waals surface area contributed by atoms with Gasteiger partial charge in [0.1, 0.15) is 0 Å². The highest BCUT2D eigenvalue weighted by Gasteiger charge is 2.43. The fourth-order valence-electron chi connectivity index (χ4n) is 1.82. The molecule has 0 spiro atoms. The Kier molecular flexibility index (Phi) is 9.63. The highest BCUT2D eigenvalue weighted by Crippen LogP contribution is 2.19. The lowest BCUT2D eigenvalue weighted by Gasteiger charge is -2.33. The molecule has 0 saturated heterocycles. The van der Waals surface area contributed by atoms with Gasteiger partial charge in [0.15, 0.2) is 30.7 Å². The first kappa shape index (κ1) is 21.8. The van der Waals surface area contributed by atoms with Crippen LogP contribution < -0.4 is 0 Å². The molecule has 9 nitrogen and oxygen atoms in total. The minimum absolute atomic E-state index is 0.199. The topological polar surface area (TPSA) is 122 Å². The molecule has 0 radical (unpaired) electrons. The number of aldehydes is 1. The second-order valence-corrected chi connectivity index (χ2v) is 4.97. The summed E-state index contributed by atoms with van der Waals surface area (Å²) in [5.74, 6) is -3.56. The monoisotopic (exact) mass is 366 g/mol. The molecule has 0 amide bonds. The third-order valence-electron chi connectivity index (χ3n) is 2.52. The van der Waals surface area contributed by atoms with E-state index in [0.717, 1.165) is 27.7 Å². The lowest BCUT2D eigenvalue weighted by molar-refractivity contribution is -0.195. The summed E-state index contributed by atoms with van der Waals surface area (Å²) >= 11 is 5.72. The Bertz CT molecular complexity index is 491. The number of carbonyl (C=O) groups excluding carboxylic acids is 5. The molecule has 136 valence electrons. The van der Waals surface area contributed by atoms with Crippen molar-refractivity contribution < 1.29 is 42.9 Å². The fourth-order valence-corrected chi connectivity index (χ4v) is 2.06. The standard InChI is InChI=1S/C14H19ClO9/c1-7(17)21-11(5-15)13(23-9(3)19)14(24-10(4)20)12(6-16)22-8(2)18/h6,11-14H,5H2,1-4H3. The molecular weight excluding hydrogens is 348 g/mol. The zero-order chi connectivity index (χ0) is 18.9. The van der Waals surface area contributed by atoms with Gasteiger partial charge in [-0.1, -0.05) is 0 Å². The summed E-state index contributed by atoms with van der Waals surface area (Å²) in [4.78, 5) is 56.2. The minimum atomic E-state index is -1.59. The van der Waals surface area contributed by atoms with Gasteiger partial charge in [0.05, 0.1) is 5.88 Å². The van der Waals surface area contributed by atoms with Crippen molar-refractivity contribution in [2.24, 2.45) is 0 Å². The van der Waals surface area contributed by atoms with Gasteiger partial charge in [-0.25, -0.2) is 0 Å². The molecule has 0 fully saturated rings. The largest absolute Gasteiger partial charge is 0.457 e. The van der Waals surface area contributed by atoms with Crippen molar-refractivity contribution in [3.05, 3.63) is 0 Å². The van der Waals surface area contributed by atoms with Crippen LogP contribution in [0.25, 0.3) is 0 Å². The Balaban J connectivity index is 5.79. The van der Waals surface area contributed by atoms with E-state index in [4.69, 9.17) is 30.5 Å². The quantitative estimate of drug-likeness (QED) is 0.243. The highest BCUT2D eigenvalue weighted by atomic mass is 35.5. The predicted octanol–water partition coefficient (Wildman–Crippen LogP) is 0.151. The van der Waals surface area contributed by atoms with Gasteiger partial charge in [-0.3, -0.25) is 24.0 Å². The van der Waals surface area contributed by atoms with Crippen molar-refractivity contribution in [2.45, 2.75) is 52.1 Å². The summed E-state index contributed by atoms with van der Waals surface area (Å²) < 4.78 is 19.7. The molecule has 0 aromatic heterocycles. The van der Waals surface area contributed by atoms with E-state index >= 15 is 0 Å². The molecule has 0 saturated carbocycles. The van der Waals surface area contributed by atoms with E-state index in [1.54, 1.807) is 0 Å². The normalized spacial score (nSPS) is 15.2. The molecule has 0 aromatic carbocycles. The number of alkyl halides is 1. The second-order valence-electron chi connectivity index (χ2n) is 4.66. The average Bonchev–Trinajstić information content (AvgIpc) is 2.45. The third-order valence-corrected chi connectivity index (χ3v) is 2.83. The van der Waals surface area contributed by atoms with Gasteiger partial charge in [-0.2, -0.15) is 0 Å². The first-order valence-electron chi connectivity index (χ1n) is 6.82. The number of ether oxygens (including phenoxy) is 4. The number of halogens is 1. The Morgan fingerprint density at radius 2 is 1.21 bits per heavy atom. The number of esters is 4. The lowest BCUT2D eigenvalue weighted by Crippen LogP contribution is -2.52. The Hall–Kier alpha value is -2.16. The SMILES string of the molecule is CC(=O)OC(C=O)C(OC(C)=O)C(OC(C)=O)C(CCl)OC(C)=O. The molecule has 0 aliphatic rings. The van der Waals surface area contributed by atoms with E-state index in [2.05, 4.69) is 0 Å². The van der Waals surface area contributed by atoms with Gasteiger partial charge in [0.25, 0.3) is 0 Å². The number of carbonyl (C=O) groups is 5. The van der Waals surface area contributed by atoms with Crippen LogP contribution in [0.1, 0.15) is 27.7 Å². The van der Waals surface area contributed by atoms with E-state index < -0.39 is 48.3 Å². The van der Waals surface area contributed by atoms with Crippen LogP contribution in [0.3, 0.4) is 0 Å². The molecule has 0 aliphatic carbocycles. The van der Waals surface area contributed by atoms with Gasteiger partial charge in [-0.05, 0) is 0 Å². The van der Waals surface area contributed by atoms with Crippen molar-refractivity contribution in [1.82, 2.24) is 0 Å². The first-order valence-corrected chi connectivity index (χ1v) is 7.35. The Morgan fingerprint density at radius 3 is 1.54 bits per heavy atom. The molecule has 0 heterocycles. The molecule has 4 unspecified atom stereocenters. The van der Waals surface area contributed by atoms with E-state index in [1.165, 1.54) is 0 Å². The molecule has 10 heteroatoms. The van der Waals surface area contributed by atoms with Crippen LogP contribution in [0.15, 0.2) is 0 Å². The van der Waals surface area contributed by atoms with Crippen LogP contribution in [0.4, 0.5) is 0 Å². The van der Waals surface area contributed by atoms with E-state index in [-0.39, 0.29) is 12.2 Å². The number of rotatable bonds is 9.